The van der Waals surface area contributed by atoms with Crippen LogP contribution >= 0.6 is 11.8 Å². The number of nitrogens with two attached hydrogens (primary N) is 2. The highest BCUT2D eigenvalue weighted by Crippen LogP contribution is 2.12. The number of aromatic hydroxyl groups is 1. The van der Waals surface area contributed by atoms with E-state index in [0.717, 1.165) is 0 Å². The molecule has 0 bridgehead atoms. The molecule has 0 saturated carbocycles. The van der Waals surface area contributed by atoms with E-state index in [-0.39, 0.29) is 25.0 Å². The molecule has 39 heavy (non-hydrogen) atoms. The zero-order valence-electron chi connectivity index (χ0n) is 21.9. The summed E-state index contributed by atoms with van der Waals surface area (Å²) < 4.78 is 0. The molecule has 0 aromatic heterocycles. The fourth-order valence-electron chi connectivity index (χ4n) is 3.57. The Kier molecular flexibility index (Phi) is 15.6. The monoisotopic (exact) mass is 569 g/mol. The van der Waals surface area contributed by atoms with Crippen LogP contribution in [0.1, 0.15) is 44.1 Å². The first-order valence-electron chi connectivity index (χ1n) is 12.6. The molecule has 0 heterocycles. The van der Waals surface area contributed by atoms with Crippen LogP contribution in [0.15, 0.2) is 24.3 Å². The molecule has 0 fully saturated rings. The molecular weight excluding hydrogens is 530 g/mol. The summed E-state index contributed by atoms with van der Waals surface area (Å²) in [5.74, 6) is -4.25. The Bertz CT molecular complexity index is 962. The van der Waals surface area contributed by atoms with Gasteiger partial charge in [-0.2, -0.15) is 11.8 Å². The van der Waals surface area contributed by atoms with E-state index in [9.17, 15) is 34.2 Å². The molecule has 10 N–H and O–H groups in total. The smallest absolute Gasteiger partial charge is 0.326 e. The number of carboxylic acid groups (broad SMARTS) is 2. The second kappa shape index (κ2) is 18.0. The van der Waals surface area contributed by atoms with Crippen molar-refractivity contribution in [3.05, 3.63) is 29.8 Å². The van der Waals surface area contributed by atoms with Crippen molar-refractivity contribution in [1.29, 1.82) is 0 Å². The first-order valence-corrected chi connectivity index (χ1v) is 14.0. The Labute approximate surface area is 231 Å². The SMILES string of the molecule is CSCCC(NC(=O)C(CCC(=O)O)NC(=O)C(Cc1ccc(O)cc1)NC(=O)C(N)CCCCN)C(=O)O. The van der Waals surface area contributed by atoms with Crippen LogP contribution in [0, 0.1) is 0 Å². The lowest BCUT2D eigenvalue weighted by molar-refractivity contribution is -0.143. The van der Waals surface area contributed by atoms with Gasteiger partial charge in [0, 0.05) is 12.8 Å². The van der Waals surface area contributed by atoms with E-state index in [2.05, 4.69) is 16.0 Å². The molecule has 0 aliphatic carbocycles. The maximum absolute atomic E-state index is 13.3. The number of phenolic OH excluding ortho intramolecular Hbond substituents is 1. The predicted molar refractivity (Wildman–Crippen MR) is 146 cm³/mol. The van der Waals surface area contributed by atoms with Crippen LogP contribution in [0.2, 0.25) is 0 Å². The lowest BCUT2D eigenvalue weighted by Gasteiger charge is -2.25. The molecule has 4 unspecified atom stereocenters. The van der Waals surface area contributed by atoms with Gasteiger partial charge >= 0.3 is 11.9 Å². The number of carbonyl (C=O) groups excluding carboxylic acids is 3. The summed E-state index contributed by atoms with van der Waals surface area (Å²) in [6.45, 7) is 0.444. The number of rotatable bonds is 19. The lowest BCUT2D eigenvalue weighted by Crippen LogP contribution is -2.57. The van der Waals surface area contributed by atoms with Crippen LogP contribution in [-0.2, 0) is 30.4 Å². The fraction of sp³-hybridized carbons (Fsp3) is 0.560. The molecule has 3 amide bonds. The van der Waals surface area contributed by atoms with Crippen molar-refractivity contribution in [2.75, 3.05) is 18.6 Å². The van der Waals surface area contributed by atoms with Crippen LogP contribution in [-0.4, -0.2) is 87.7 Å². The number of aliphatic carboxylic acids is 2. The van der Waals surface area contributed by atoms with Crippen molar-refractivity contribution in [3.8, 4) is 5.75 Å². The van der Waals surface area contributed by atoms with E-state index < -0.39 is 60.2 Å². The van der Waals surface area contributed by atoms with E-state index in [1.54, 1.807) is 18.4 Å². The number of thioether (sulfide) groups is 1. The summed E-state index contributed by atoms with van der Waals surface area (Å²) in [7, 11) is 0. The van der Waals surface area contributed by atoms with Gasteiger partial charge in [0.2, 0.25) is 17.7 Å². The van der Waals surface area contributed by atoms with Gasteiger partial charge in [0.15, 0.2) is 0 Å². The number of benzene rings is 1. The summed E-state index contributed by atoms with van der Waals surface area (Å²) in [5.41, 5.74) is 12.0. The van der Waals surface area contributed by atoms with E-state index in [0.29, 0.717) is 37.1 Å². The number of carbonyl (C=O) groups is 5. The average molecular weight is 570 g/mol. The fourth-order valence-corrected chi connectivity index (χ4v) is 4.04. The average Bonchev–Trinajstić information content (AvgIpc) is 2.89. The highest BCUT2D eigenvalue weighted by Gasteiger charge is 2.30. The summed E-state index contributed by atoms with van der Waals surface area (Å²) in [6, 6.07) is 1.22. The summed E-state index contributed by atoms with van der Waals surface area (Å²) in [6.07, 6.45) is 2.74. The first-order chi connectivity index (χ1) is 18.5. The maximum atomic E-state index is 13.3. The third-order valence-electron chi connectivity index (χ3n) is 5.82. The van der Waals surface area contributed by atoms with Gasteiger partial charge in [0.1, 0.15) is 23.9 Å². The second-order valence-electron chi connectivity index (χ2n) is 9.00. The van der Waals surface area contributed by atoms with Crippen LogP contribution in [0.4, 0.5) is 0 Å². The molecule has 1 aromatic carbocycles. The number of hydrogen-bond acceptors (Lipinski definition) is 9. The minimum Gasteiger partial charge on any atom is -0.508 e. The third kappa shape index (κ3) is 13.3. The minimum atomic E-state index is -1.37. The zero-order chi connectivity index (χ0) is 29.4. The maximum Gasteiger partial charge on any atom is 0.326 e. The van der Waals surface area contributed by atoms with Crippen molar-refractivity contribution < 1.29 is 39.3 Å². The van der Waals surface area contributed by atoms with Crippen LogP contribution < -0.4 is 27.4 Å². The van der Waals surface area contributed by atoms with Gasteiger partial charge in [-0.3, -0.25) is 19.2 Å². The van der Waals surface area contributed by atoms with Gasteiger partial charge < -0.3 is 42.7 Å². The van der Waals surface area contributed by atoms with Gasteiger partial charge in [-0.25, -0.2) is 4.79 Å². The van der Waals surface area contributed by atoms with Gasteiger partial charge in [-0.05, 0) is 61.9 Å². The molecular formula is C25H39N5O8S. The molecule has 14 heteroatoms. The van der Waals surface area contributed by atoms with Crippen molar-refractivity contribution in [1.82, 2.24) is 16.0 Å². The summed E-state index contributed by atoms with van der Waals surface area (Å²) in [4.78, 5) is 61.7. The largest absolute Gasteiger partial charge is 0.508 e. The van der Waals surface area contributed by atoms with Gasteiger partial charge in [-0.15, -0.1) is 0 Å². The first kappa shape index (κ1) is 33.7. The van der Waals surface area contributed by atoms with Crippen molar-refractivity contribution in [3.63, 3.8) is 0 Å². The van der Waals surface area contributed by atoms with E-state index >= 15 is 0 Å². The number of nitrogens with one attached hydrogen (secondary N) is 3. The molecule has 0 aliphatic rings. The highest BCUT2D eigenvalue weighted by molar-refractivity contribution is 7.98. The normalized spacial score (nSPS) is 13.9. The molecule has 1 rings (SSSR count). The lowest BCUT2D eigenvalue weighted by atomic mass is 10.0. The number of hydrogen-bond donors (Lipinski definition) is 8. The molecule has 1 aromatic rings. The molecule has 218 valence electrons. The molecule has 0 saturated heterocycles. The topological polar surface area (TPSA) is 234 Å². The van der Waals surface area contributed by atoms with Crippen LogP contribution in [0.5, 0.6) is 5.75 Å². The van der Waals surface area contributed by atoms with Gasteiger partial charge in [0.05, 0.1) is 6.04 Å². The van der Waals surface area contributed by atoms with Crippen LogP contribution in [0.3, 0.4) is 0 Å². The summed E-state index contributed by atoms with van der Waals surface area (Å²) >= 11 is 1.39. The number of phenols is 1. The van der Waals surface area contributed by atoms with E-state index in [4.69, 9.17) is 16.6 Å². The standard InChI is InChI=1S/C25H39N5O8S/c1-39-13-11-19(25(37)38)29-23(35)18(9-10-21(32)33)28-24(36)20(14-15-5-7-16(31)8-6-15)30-22(34)17(27)4-2-3-12-26/h5-8,17-20,31H,2-4,9-14,26-27H2,1H3,(H,28,36)(H,29,35)(H,30,34)(H,32,33)(H,37,38). The predicted octanol–water partition coefficient (Wildman–Crippen LogP) is -0.452. The Balaban J connectivity index is 3.12. The second-order valence-corrected chi connectivity index (χ2v) is 9.98. The van der Waals surface area contributed by atoms with Crippen molar-refractivity contribution in [2.24, 2.45) is 11.5 Å². The number of unbranched alkanes of at least 4 members (excludes halogenated alkanes) is 1. The Morgan fingerprint density at radius 1 is 0.846 bits per heavy atom. The quantitative estimate of drug-likeness (QED) is 0.0993. The minimum absolute atomic E-state index is 0.00516. The highest BCUT2D eigenvalue weighted by atomic mass is 32.2. The van der Waals surface area contributed by atoms with E-state index in [1.165, 1.54) is 23.9 Å². The molecule has 13 nitrogen and oxygen atoms in total. The van der Waals surface area contributed by atoms with Gasteiger partial charge in [0.25, 0.3) is 0 Å². The number of amides is 3. The molecule has 0 aliphatic heterocycles. The third-order valence-corrected chi connectivity index (χ3v) is 6.46. The van der Waals surface area contributed by atoms with Crippen LogP contribution in [0.25, 0.3) is 0 Å². The Hall–Kier alpha value is -3.36. The number of carboxylic acids is 2. The van der Waals surface area contributed by atoms with Crippen molar-refractivity contribution in [2.45, 2.75) is 69.1 Å². The molecule has 4 atom stereocenters. The molecule has 0 spiro atoms. The summed E-state index contributed by atoms with van der Waals surface area (Å²) in [5, 5.41) is 35.5. The molecule has 0 radical (unpaired) electrons. The Morgan fingerprint density at radius 3 is 2.00 bits per heavy atom. The van der Waals surface area contributed by atoms with E-state index in [1.807, 2.05) is 0 Å². The Morgan fingerprint density at radius 2 is 1.44 bits per heavy atom. The van der Waals surface area contributed by atoms with Crippen molar-refractivity contribution >= 4 is 41.4 Å². The zero-order valence-corrected chi connectivity index (χ0v) is 22.7. The van der Waals surface area contributed by atoms with Gasteiger partial charge in [-0.1, -0.05) is 18.6 Å².